The van der Waals surface area contributed by atoms with Crippen LogP contribution in [0.4, 0.5) is 0 Å². The molecule has 0 bridgehead atoms. The number of benzene rings is 1. The van der Waals surface area contributed by atoms with E-state index in [9.17, 15) is 4.79 Å². The van der Waals surface area contributed by atoms with Gasteiger partial charge in [-0.1, -0.05) is 19.1 Å². The summed E-state index contributed by atoms with van der Waals surface area (Å²) in [4.78, 5) is 11.3. The highest BCUT2D eigenvalue weighted by molar-refractivity contribution is 6.27. The van der Waals surface area contributed by atoms with E-state index in [1.807, 2.05) is 25.1 Å². The molecule has 0 radical (unpaired) electrons. The molecule has 0 amide bonds. The van der Waals surface area contributed by atoms with Crippen molar-refractivity contribution in [3.8, 4) is 5.75 Å². The second-order valence-electron chi connectivity index (χ2n) is 3.53. The molecule has 1 aromatic rings. The molecule has 2 nitrogen and oxygen atoms in total. The van der Waals surface area contributed by atoms with Crippen molar-refractivity contribution in [1.82, 2.24) is 0 Å². The first-order valence-corrected chi connectivity index (χ1v) is 6.07. The van der Waals surface area contributed by atoms with Gasteiger partial charge in [-0.25, -0.2) is 0 Å². The van der Waals surface area contributed by atoms with Crippen molar-refractivity contribution in [3.63, 3.8) is 0 Å². The van der Waals surface area contributed by atoms with Gasteiger partial charge in [-0.05, 0) is 30.5 Å². The van der Waals surface area contributed by atoms with Crippen LogP contribution in [0.2, 0.25) is 0 Å². The van der Waals surface area contributed by atoms with Crippen molar-refractivity contribution in [2.75, 3.05) is 12.5 Å². The number of carbonyl (C=O) groups is 1. The zero-order chi connectivity index (χ0) is 12.0. The van der Waals surface area contributed by atoms with E-state index >= 15 is 0 Å². The van der Waals surface area contributed by atoms with Crippen molar-refractivity contribution in [1.29, 1.82) is 0 Å². The normalized spacial score (nSPS) is 10.2. The lowest BCUT2D eigenvalue weighted by Crippen LogP contribution is -2.07. The van der Waals surface area contributed by atoms with E-state index < -0.39 is 0 Å². The van der Waals surface area contributed by atoms with Gasteiger partial charge < -0.3 is 4.74 Å². The molecule has 0 unspecified atom stereocenters. The summed E-state index contributed by atoms with van der Waals surface area (Å²) in [5, 5.41) is 0. The molecule has 0 aliphatic rings. The van der Waals surface area contributed by atoms with Crippen LogP contribution in [0.1, 0.15) is 25.0 Å². The molecule has 0 aliphatic heterocycles. The number of halogens is 1. The largest absolute Gasteiger partial charge is 0.494 e. The summed E-state index contributed by atoms with van der Waals surface area (Å²) in [5.74, 6) is 0.997. The Morgan fingerprint density at radius 1 is 1.38 bits per heavy atom. The molecule has 16 heavy (non-hydrogen) atoms. The zero-order valence-corrected chi connectivity index (χ0v) is 10.5. The smallest absolute Gasteiger partial charge is 0.151 e. The molecule has 88 valence electrons. The second kappa shape index (κ2) is 6.54. The van der Waals surface area contributed by atoms with Gasteiger partial charge in [0, 0.05) is 6.42 Å². The molecule has 0 heterocycles. The van der Waals surface area contributed by atoms with Crippen LogP contribution < -0.4 is 4.74 Å². The van der Waals surface area contributed by atoms with Crippen molar-refractivity contribution >= 4 is 17.4 Å². The van der Waals surface area contributed by atoms with Gasteiger partial charge in [-0.3, -0.25) is 4.79 Å². The molecular weight excluding hydrogens is 224 g/mol. The number of carbonyl (C=O) groups excluding carboxylic acids is 1. The van der Waals surface area contributed by atoms with E-state index in [1.165, 1.54) is 0 Å². The number of Topliss-reactive ketones (excluding diaryl/α,β-unsaturated/α-hetero) is 1. The number of ether oxygens (including phenoxy) is 1. The van der Waals surface area contributed by atoms with E-state index in [0.29, 0.717) is 13.0 Å². The summed E-state index contributed by atoms with van der Waals surface area (Å²) in [6.45, 7) is 4.66. The third kappa shape index (κ3) is 3.24. The number of hydrogen-bond acceptors (Lipinski definition) is 2. The van der Waals surface area contributed by atoms with Crippen LogP contribution in [0.15, 0.2) is 18.2 Å². The van der Waals surface area contributed by atoms with E-state index in [0.717, 1.165) is 23.3 Å². The fourth-order valence-electron chi connectivity index (χ4n) is 1.73. The van der Waals surface area contributed by atoms with Gasteiger partial charge in [0.1, 0.15) is 5.75 Å². The Bertz CT molecular complexity index is 361. The quantitative estimate of drug-likeness (QED) is 0.715. The predicted octanol–water partition coefficient (Wildman–Crippen LogP) is 3.00. The predicted molar refractivity (Wildman–Crippen MR) is 66.4 cm³/mol. The lowest BCUT2D eigenvalue weighted by Gasteiger charge is -2.12. The molecule has 0 saturated heterocycles. The van der Waals surface area contributed by atoms with Crippen LogP contribution in [0.25, 0.3) is 0 Å². The molecule has 1 aromatic carbocycles. The Hall–Kier alpha value is -1.02. The van der Waals surface area contributed by atoms with E-state index in [1.54, 1.807) is 0 Å². The average Bonchev–Trinajstić information content (AvgIpc) is 2.29. The van der Waals surface area contributed by atoms with Crippen LogP contribution in [0.3, 0.4) is 0 Å². The minimum Gasteiger partial charge on any atom is -0.494 e. The molecule has 3 heteroatoms. The number of alkyl halides is 1. The van der Waals surface area contributed by atoms with Crippen molar-refractivity contribution in [2.45, 2.75) is 26.7 Å². The fourth-order valence-corrected chi connectivity index (χ4v) is 1.82. The van der Waals surface area contributed by atoms with Crippen molar-refractivity contribution in [3.05, 3.63) is 29.3 Å². The Labute approximate surface area is 102 Å². The highest BCUT2D eigenvalue weighted by Crippen LogP contribution is 2.23. The summed E-state index contributed by atoms with van der Waals surface area (Å²) < 4.78 is 5.54. The van der Waals surface area contributed by atoms with Gasteiger partial charge in [0.15, 0.2) is 5.78 Å². The van der Waals surface area contributed by atoms with Gasteiger partial charge >= 0.3 is 0 Å². The Morgan fingerprint density at radius 2 is 2.12 bits per heavy atom. The van der Waals surface area contributed by atoms with Crippen LogP contribution >= 0.6 is 11.6 Å². The Morgan fingerprint density at radius 3 is 2.69 bits per heavy atom. The molecule has 0 saturated carbocycles. The molecule has 0 N–H and O–H groups in total. The maximum Gasteiger partial charge on any atom is 0.151 e. The summed E-state index contributed by atoms with van der Waals surface area (Å²) in [5.41, 5.74) is 2.14. The van der Waals surface area contributed by atoms with Crippen LogP contribution in [-0.4, -0.2) is 18.3 Å². The second-order valence-corrected chi connectivity index (χ2v) is 3.80. The SMILES string of the molecule is CCOc1cccc(CC(=O)CCl)c1CC. The molecule has 1 rings (SSSR count). The minimum atomic E-state index is 0.0463. The summed E-state index contributed by atoms with van der Waals surface area (Å²) in [6.07, 6.45) is 1.26. The molecule has 0 aliphatic carbocycles. The first-order valence-electron chi connectivity index (χ1n) is 5.54. The van der Waals surface area contributed by atoms with Crippen LogP contribution in [0.5, 0.6) is 5.75 Å². The molecule has 0 spiro atoms. The van der Waals surface area contributed by atoms with Gasteiger partial charge in [0.2, 0.25) is 0 Å². The Balaban J connectivity index is 2.98. The maximum atomic E-state index is 11.3. The van der Waals surface area contributed by atoms with Gasteiger partial charge in [-0.2, -0.15) is 0 Å². The van der Waals surface area contributed by atoms with Gasteiger partial charge in [0.25, 0.3) is 0 Å². The maximum absolute atomic E-state index is 11.3. The summed E-state index contributed by atoms with van der Waals surface area (Å²) in [7, 11) is 0. The van der Waals surface area contributed by atoms with E-state index in [2.05, 4.69) is 6.92 Å². The first-order chi connectivity index (χ1) is 7.72. The zero-order valence-electron chi connectivity index (χ0n) is 9.75. The van der Waals surface area contributed by atoms with Crippen molar-refractivity contribution in [2.24, 2.45) is 0 Å². The number of ketones is 1. The third-order valence-corrected chi connectivity index (χ3v) is 2.72. The number of hydrogen-bond donors (Lipinski definition) is 0. The third-order valence-electron chi connectivity index (χ3n) is 2.42. The number of rotatable bonds is 6. The molecular formula is C13H17ClO2. The van der Waals surface area contributed by atoms with E-state index in [4.69, 9.17) is 16.3 Å². The lowest BCUT2D eigenvalue weighted by atomic mass is 10.00. The fraction of sp³-hybridized carbons (Fsp3) is 0.462. The summed E-state index contributed by atoms with van der Waals surface area (Å²) >= 11 is 5.52. The van der Waals surface area contributed by atoms with Crippen molar-refractivity contribution < 1.29 is 9.53 Å². The lowest BCUT2D eigenvalue weighted by molar-refractivity contribution is -0.116. The van der Waals surface area contributed by atoms with E-state index in [-0.39, 0.29) is 11.7 Å². The van der Waals surface area contributed by atoms with Gasteiger partial charge in [-0.15, -0.1) is 11.6 Å². The first kappa shape index (κ1) is 13.0. The van der Waals surface area contributed by atoms with Crippen LogP contribution in [-0.2, 0) is 17.6 Å². The average molecular weight is 241 g/mol. The minimum absolute atomic E-state index is 0.0463. The standard InChI is InChI=1S/C13H17ClO2/c1-3-12-10(8-11(15)9-14)6-5-7-13(12)16-4-2/h5-7H,3-4,8-9H2,1-2H3. The highest BCUT2D eigenvalue weighted by Gasteiger charge is 2.10. The Kier molecular flexibility index (Phi) is 5.33. The summed E-state index contributed by atoms with van der Waals surface area (Å²) in [6, 6.07) is 5.82. The molecule has 0 aromatic heterocycles. The monoisotopic (exact) mass is 240 g/mol. The van der Waals surface area contributed by atoms with Gasteiger partial charge in [0.05, 0.1) is 12.5 Å². The topological polar surface area (TPSA) is 26.3 Å². The molecule has 0 atom stereocenters. The van der Waals surface area contributed by atoms with Crippen LogP contribution in [0, 0.1) is 0 Å². The highest BCUT2D eigenvalue weighted by atomic mass is 35.5. The molecule has 0 fully saturated rings.